The third-order valence-corrected chi connectivity index (χ3v) is 1.95. The molecular weight excluding hydrogens is 206 g/mol. The first-order chi connectivity index (χ1) is 6.63. The molecule has 1 aromatic carbocycles. The number of anilines is 1. The third kappa shape index (κ3) is 3.06. The average molecular weight is 218 g/mol. The smallest absolute Gasteiger partial charge is 0.121 e. The van der Waals surface area contributed by atoms with E-state index >= 15 is 0 Å². The maximum atomic E-state index is 9.01. The van der Waals surface area contributed by atoms with Gasteiger partial charge in [-0.05, 0) is 12.1 Å². The Morgan fingerprint density at radius 3 is 2.79 bits per heavy atom. The lowest BCUT2D eigenvalue weighted by molar-refractivity contribution is 0.0536. The Labute approximate surface area is 86.9 Å². The molecule has 0 aromatic heterocycles. The fourth-order valence-corrected chi connectivity index (χ4v) is 1.01. The molecule has 0 radical (unpaired) electrons. The Bertz CT molecular complexity index is 306. The van der Waals surface area contributed by atoms with Gasteiger partial charge in [-0.1, -0.05) is 11.6 Å². The monoisotopic (exact) mass is 217 g/mol. The molecule has 1 atom stereocenters. The number of hydrogen-bond acceptors (Lipinski definition) is 4. The minimum Gasteiger partial charge on any atom is -0.491 e. The molecule has 1 rings (SSSR count). The molecule has 4 N–H and O–H groups in total. The van der Waals surface area contributed by atoms with E-state index in [1.165, 1.54) is 0 Å². The van der Waals surface area contributed by atoms with Crippen LogP contribution in [0, 0.1) is 0 Å². The van der Waals surface area contributed by atoms with E-state index in [-0.39, 0.29) is 13.2 Å². The van der Waals surface area contributed by atoms with E-state index in [1.807, 2.05) is 0 Å². The first-order valence-corrected chi connectivity index (χ1v) is 4.48. The summed E-state index contributed by atoms with van der Waals surface area (Å²) in [5, 5.41) is 17.9. The Hall–Kier alpha value is -0.970. The van der Waals surface area contributed by atoms with Crippen molar-refractivity contribution in [2.24, 2.45) is 0 Å². The predicted molar refractivity (Wildman–Crippen MR) is 54.5 cm³/mol. The van der Waals surface area contributed by atoms with E-state index in [0.717, 1.165) is 0 Å². The Morgan fingerprint density at radius 2 is 2.21 bits per heavy atom. The second kappa shape index (κ2) is 5.05. The van der Waals surface area contributed by atoms with Crippen LogP contribution in [0.4, 0.5) is 5.69 Å². The van der Waals surface area contributed by atoms with Gasteiger partial charge in [0.2, 0.25) is 0 Å². The summed E-state index contributed by atoms with van der Waals surface area (Å²) < 4.78 is 5.14. The van der Waals surface area contributed by atoms with Crippen molar-refractivity contribution in [3.8, 4) is 5.75 Å². The summed E-state index contributed by atoms with van der Waals surface area (Å²) in [6.07, 6.45) is -0.883. The number of aliphatic hydroxyl groups excluding tert-OH is 2. The van der Waals surface area contributed by atoms with Crippen molar-refractivity contribution in [1.82, 2.24) is 0 Å². The molecule has 0 aliphatic heterocycles. The van der Waals surface area contributed by atoms with Crippen LogP contribution in [0.5, 0.6) is 5.75 Å². The van der Waals surface area contributed by atoms with Gasteiger partial charge in [0.25, 0.3) is 0 Å². The summed E-state index contributed by atoms with van der Waals surface area (Å²) in [6, 6.07) is 4.81. The molecular formula is C9H12ClNO3. The fraction of sp³-hybridized carbons (Fsp3) is 0.333. The van der Waals surface area contributed by atoms with E-state index in [1.54, 1.807) is 18.2 Å². The average Bonchev–Trinajstić information content (AvgIpc) is 2.19. The number of hydrogen-bond donors (Lipinski definition) is 3. The zero-order valence-electron chi connectivity index (χ0n) is 7.48. The highest BCUT2D eigenvalue weighted by atomic mass is 35.5. The lowest BCUT2D eigenvalue weighted by Crippen LogP contribution is -2.21. The maximum Gasteiger partial charge on any atom is 0.121 e. The van der Waals surface area contributed by atoms with Crippen molar-refractivity contribution in [2.75, 3.05) is 18.9 Å². The lowest BCUT2D eigenvalue weighted by Gasteiger charge is -2.10. The number of halogens is 1. The Balaban J connectivity index is 2.55. The van der Waals surface area contributed by atoms with Gasteiger partial charge in [0.1, 0.15) is 18.5 Å². The van der Waals surface area contributed by atoms with Crippen LogP contribution in [0.1, 0.15) is 0 Å². The fourth-order valence-electron chi connectivity index (χ4n) is 0.843. The molecule has 0 saturated carbocycles. The number of nitrogen functional groups attached to an aromatic ring is 1. The number of ether oxygens (including phenoxy) is 1. The molecule has 5 heteroatoms. The molecule has 0 bridgehead atoms. The van der Waals surface area contributed by atoms with Crippen LogP contribution in [0.25, 0.3) is 0 Å². The topological polar surface area (TPSA) is 75.7 Å². The van der Waals surface area contributed by atoms with Crippen LogP contribution in [-0.4, -0.2) is 29.5 Å². The van der Waals surface area contributed by atoms with Gasteiger partial charge in [0, 0.05) is 6.07 Å². The number of aliphatic hydroxyl groups is 2. The lowest BCUT2D eigenvalue weighted by atomic mass is 10.3. The van der Waals surface area contributed by atoms with Gasteiger partial charge in [-0.2, -0.15) is 0 Å². The number of nitrogens with two attached hydrogens (primary N) is 1. The molecule has 0 spiro atoms. The van der Waals surface area contributed by atoms with Crippen molar-refractivity contribution < 1.29 is 14.9 Å². The van der Waals surface area contributed by atoms with Crippen LogP contribution in [0.15, 0.2) is 18.2 Å². The molecule has 0 fully saturated rings. The van der Waals surface area contributed by atoms with Crippen molar-refractivity contribution in [2.45, 2.75) is 6.10 Å². The normalized spacial score (nSPS) is 12.5. The van der Waals surface area contributed by atoms with Gasteiger partial charge >= 0.3 is 0 Å². The molecule has 4 nitrogen and oxygen atoms in total. The van der Waals surface area contributed by atoms with Crippen LogP contribution in [-0.2, 0) is 0 Å². The molecule has 14 heavy (non-hydrogen) atoms. The molecule has 1 unspecified atom stereocenters. The van der Waals surface area contributed by atoms with Crippen molar-refractivity contribution in [1.29, 1.82) is 0 Å². The van der Waals surface area contributed by atoms with Gasteiger partial charge in [-0.25, -0.2) is 0 Å². The Kier molecular flexibility index (Phi) is 4.00. The van der Waals surface area contributed by atoms with Gasteiger partial charge < -0.3 is 20.7 Å². The SMILES string of the molecule is Nc1ccc(OCC(O)CO)cc1Cl. The zero-order valence-corrected chi connectivity index (χ0v) is 8.24. The number of benzene rings is 1. The second-order valence-corrected chi connectivity index (χ2v) is 3.24. The quantitative estimate of drug-likeness (QED) is 0.648. The highest BCUT2D eigenvalue weighted by molar-refractivity contribution is 6.33. The van der Waals surface area contributed by atoms with Crippen LogP contribution in [0.3, 0.4) is 0 Å². The first kappa shape index (κ1) is 11.1. The van der Waals surface area contributed by atoms with Crippen molar-refractivity contribution >= 4 is 17.3 Å². The number of rotatable bonds is 4. The van der Waals surface area contributed by atoms with E-state index in [2.05, 4.69) is 0 Å². The highest BCUT2D eigenvalue weighted by Crippen LogP contribution is 2.24. The third-order valence-electron chi connectivity index (χ3n) is 1.63. The van der Waals surface area contributed by atoms with E-state index in [0.29, 0.717) is 16.5 Å². The molecule has 0 saturated heterocycles. The molecule has 1 aromatic rings. The highest BCUT2D eigenvalue weighted by Gasteiger charge is 2.04. The van der Waals surface area contributed by atoms with E-state index in [4.69, 9.17) is 32.3 Å². The molecule has 0 amide bonds. The van der Waals surface area contributed by atoms with Gasteiger partial charge in [-0.3, -0.25) is 0 Å². The van der Waals surface area contributed by atoms with Crippen LogP contribution < -0.4 is 10.5 Å². The van der Waals surface area contributed by atoms with E-state index < -0.39 is 6.10 Å². The molecule has 78 valence electrons. The predicted octanol–water partition coefficient (Wildman–Crippen LogP) is 0.654. The summed E-state index contributed by atoms with van der Waals surface area (Å²) in [4.78, 5) is 0. The standard InChI is InChI=1S/C9H12ClNO3/c10-8-3-7(1-2-9(8)11)14-5-6(13)4-12/h1-3,6,12-13H,4-5,11H2. The summed E-state index contributed by atoms with van der Waals surface area (Å²) in [6.45, 7) is -0.306. The summed E-state index contributed by atoms with van der Waals surface area (Å²) >= 11 is 5.75. The maximum absolute atomic E-state index is 9.01. The molecule has 0 aliphatic rings. The van der Waals surface area contributed by atoms with Crippen LogP contribution >= 0.6 is 11.6 Å². The minimum absolute atomic E-state index is 0.0246. The summed E-state index contributed by atoms with van der Waals surface area (Å²) in [7, 11) is 0. The summed E-state index contributed by atoms with van der Waals surface area (Å²) in [5.74, 6) is 0.511. The zero-order chi connectivity index (χ0) is 10.6. The largest absolute Gasteiger partial charge is 0.491 e. The minimum atomic E-state index is -0.883. The molecule has 0 aliphatic carbocycles. The second-order valence-electron chi connectivity index (χ2n) is 2.83. The van der Waals surface area contributed by atoms with Crippen LogP contribution in [0.2, 0.25) is 5.02 Å². The van der Waals surface area contributed by atoms with E-state index in [9.17, 15) is 0 Å². The van der Waals surface area contributed by atoms with Gasteiger partial charge in [-0.15, -0.1) is 0 Å². The van der Waals surface area contributed by atoms with Crippen molar-refractivity contribution in [3.05, 3.63) is 23.2 Å². The molecule has 0 heterocycles. The summed E-state index contributed by atoms with van der Waals surface area (Å²) in [5.41, 5.74) is 5.97. The Morgan fingerprint density at radius 1 is 1.50 bits per heavy atom. The first-order valence-electron chi connectivity index (χ1n) is 4.10. The van der Waals surface area contributed by atoms with Gasteiger partial charge in [0.05, 0.1) is 17.3 Å². The van der Waals surface area contributed by atoms with Gasteiger partial charge in [0.15, 0.2) is 0 Å². The van der Waals surface area contributed by atoms with Crippen molar-refractivity contribution in [3.63, 3.8) is 0 Å².